The normalized spacial score (nSPS) is 16.2. The second kappa shape index (κ2) is 9.17. The highest BCUT2D eigenvalue weighted by Gasteiger charge is 2.31. The SMILES string of the molecule is Cc1cccc(-c2noc(N3CCOCC3)c2CN(CC2CC2)C(=O)c2ccccc2)c1. The number of anilines is 1. The van der Waals surface area contributed by atoms with Gasteiger partial charge >= 0.3 is 0 Å². The van der Waals surface area contributed by atoms with E-state index in [-0.39, 0.29) is 5.91 Å². The Morgan fingerprint density at radius 1 is 1.09 bits per heavy atom. The van der Waals surface area contributed by atoms with Gasteiger partial charge in [-0.05, 0) is 43.9 Å². The fourth-order valence-corrected chi connectivity index (χ4v) is 4.26. The highest BCUT2D eigenvalue weighted by molar-refractivity contribution is 5.94. The van der Waals surface area contributed by atoms with Gasteiger partial charge in [-0.25, -0.2) is 0 Å². The van der Waals surface area contributed by atoms with Crippen molar-refractivity contribution >= 4 is 11.8 Å². The highest BCUT2D eigenvalue weighted by Crippen LogP contribution is 2.36. The molecule has 5 rings (SSSR count). The molecule has 0 N–H and O–H groups in total. The second-order valence-electron chi connectivity index (χ2n) is 8.78. The number of ether oxygens (including phenoxy) is 1. The molecular formula is C26H29N3O3. The van der Waals surface area contributed by atoms with E-state index in [1.807, 2.05) is 41.3 Å². The molecule has 0 bridgehead atoms. The molecule has 0 spiro atoms. The van der Waals surface area contributed by atoms with E-state index < -0.39 is 0 Å². The summed E-state index contributed by atoms with van der Waals surface area (Å²) in [5, 5.41) is 4.49. The Morgan fingerprint density at radius 2 is 1.88 bits per heavy atom. The summed E-state index contributed by atoms with van der Waals surface area (Å²) in [4.78, 5) is 17.6. The van der Waals surface area contributed by atoms with Gasteiger partial charge in [0, 0.05) is 30.8 Å². The number of nitrogens with zero attached hydrogens (tertiary/aromatic N) is 3. The van der Waals surface area contributed by atoms with Crippen molar-refractivity contribution in [3.63, 3.8) is 0 Å². The van der Waals surface area contributed by atoms with Crippen molar-refractivity contribution in [1.29, 1.82) is 0 Å². The Hall–Kier alpha value is -3.12. The number of hydrogen-bond acceptors (Lipinski definition) is 5. The second-order valence-corrected chi connectivity index (χ2v) is 8.78. The lowest BCUT2D eigenvalue weighted by molar-refractivity contribution is 0.0734. The number of morpholine rings is 1. The molecule has 2 aliphatic rings. The fraction of sp³-hybridized carbons (Fsp3) is 0.385. The summed E-state index contributed by atoms with van der Waals surface area (Å²) >= 11 is 0. The van der Waals surface area contributed by atoms with Gasteiger partial charge in [-0.15, -0.1) is 0 Å². The van der Waals surface area contributed by atoms with Gasteiger partial charge in [0.25, 0.3) is 5.91 Å². The molecule has 6 nitrogen and oxygen atoms in total. The van der Waals surface area contributed by atoms with E-state index in [2.05, 4.69) is 35.2 Å². The van der Waals surface area contributed by atoms with Gasteiger partial charge in [-0.2, -0.15) is 0 Å². The zero-order valence-corrected chi connectivity index (χ0v) is 18.5. The zero-order chi connectivity index (χ0) is 21.9. The lowest BCUT2D eigenvalue weighted by Crippen LogP contribution is -2.37. The molecule has 0 unspecified atom stereocenters. The van der Waals surface area contributed by atoms with Crippen LogP contribution in [0.15, 0.2) is 59.1 Å². The van der Waals surface area contributed by atoms with E-state index in [0.717, 1.165) is 47.9 Å². The van der Waals surface area contributed by atoms with Crippen LogP contribution >= 0.6 is 0 Å². The Bertz CT molecular complexity index is 1070. The molecule has 1 saturated carbocycles. The monoisotopic (exact) mass is 431 g/mol. The number of benzene rings is 2. The summed E-state index contributed by atoms with van der Waals surface area (Å²) in [5.41, 5.74) is 4.69. The number of rotatable bonds is 7. The first kappa shape index (κ1) is 20.8. The van der Waals surface area contributed by atoms with Crippen molar-refractivity contribution in [3.05, 3.63) is 71.3 Å². The third-order valence-corrected chi connectivity index (χ3v) is 6.19. The van der Waals surface area contributed by atoms with Crippen LogP contribution in [0.1, 0.15) is 34.3 Å². The third-order valence-electron chi connectivity index (χ3n) is 6.19. The topological polar surface area (TPSA) is 58.8 Å². The minimum Gasteiger partial charge on any atom is -0.378 e. The summed E-state index contributed by atoms with van der Waals surface area (Å²) < 4.78 is 11.5. The Kier molecular flexibility index (Phi) is 5.95. The quantitative estimate of drug-likeness (QED) is 0.550. The number of carbonyl (C=O) groups excluding carboxylic acids is 1. The van der Waals surface area contributed by atoms with Crippen LogP contribution in [-0.4, -0.2) is 48.8 Å². The Morgan fingerprint density at radius 3 is 2.59 bits per heavy atom. The standard InChI is InChI=1S/C26H29N3O3/c1-19-6-5-9-22(16-19)24-23(26(32-27-24)28-12-14-31-15-13-28)18-29(17-20-10-11-20)25(30)21-7-3-2-4-8-21/h2-9,16,20H,10-15,17-18H2,1H3. The average molecular weight is 432 g/mol. The first-order valence-corrected chi connectivity index (χ1v) is 11.4. The van der Waals surface area contributed by atoms with Gasteiger partial charge in [0.05, 0.1) is 25.3 Å². The Labute approximate surface area is 188 Å². The maximum atomic E-state index is 13.5. The van der Waals surface area contributed by atoms with Crippen LogP contribution in [0.2, 0.25) is 0 Å². The molecule has 2 aromatic carbocycles. The highest BCUT2D eigenvalue weighted by atomic mass is 16.5. The molecule has 2 heterocycles. The van der Waals surface area contributed by atoms with Gasteiger partial charge in [-0.1, -0.05) is 47.1 Å². The zero-order valence-electron chi connectivity index (χ0n) is 18.5. The van der Waals surface area contributed by atoms with E-state index in [9.17, 15) is 4.79 Å². The van der Waals surface area contributed by atoms with Gasteiger partial charge < -0.3 is 19.1 Å². The lowest BCUT2D eigenvalue weighted by atomic mass is 10.0. The van der Waals surface area contributed by atoms with Crippen LogP contribution in [0.25, 0.3) is 11.3 Å². The van der Waals surface area contributed by atoms with Crippen molar-refractivity contribution in [3.8, 4) is 11.3 Å². The molecule has 0 atom stereocenters. The predicted octanol–water partition coefficient (Wildman–Crippen LogP) is 4.54. The lowest BCUT2D eigenvalue weighted by Gasteiger charge is -2.28. The largest absolute Gasteiger partial charge is 0.378 e. The van der Waals surface area contributed by atoms with Crippen molar-refractivity contribution in [2.75, 3.05) is 37.7 Å². The summed E-state index contributed by atoms with van der Waals surface area (Å²) in [7, 11) is 0. The van der Waals surface area contributed by atoms with Crippen LogP contribution in [0.3, 0.4) is 0 Å². The molecule has 1 aromatic heterocycles. The van der Waals surface area contributed by atoms with Crippen LogP contribution in [0.5, 0.6) is 0 Å². The molecule has 32 heavy (non-hydrogen) atoms. The van der Waals surface area contributed by atoms with E-state index in [4.69, 9.17) is 9.26 Å². The van der Waals surface area contributed by atoms with Crippen molar-refractivity contribution in [2.24, 2.45) is 5.92 Å². The molecule has 0 radical (unpaired) electrons. The average Bonchev–Trinajstić information content (AvgIpc) is 3.56. The predicted molar refractivity (Wildman–Crippen MR) is 124 cm³/mol. The smallest absolute Gasteiger partial charge is 0.254 e. The minimum absolute atomic E-state index is 0.0572. The molecular weight excluding hydrogens is 402 g/mol. The molecule has 166 valence electrons. The van der Waals surface area contributed by atoms with Gasteiger partial charge in [0.1, 0.15) is 5.69 Å². The van der Waals surface area contributed by atoms with Crippen molar-refractivity contribution in [2.45, 2.75) is 26.3 Å². The van der Waals surface area contributed by atoms with E-state index in [1.54, 1.807) is 0 Å². The number of aromatic nitrogens is 1. The maximum Gasteiger partial charge on any atom is 0.254 e. The molecule has 6 heteroatoms. The number of aryl methyl sites for hydroxylation is 1. The van der Waals surface area contributed by atoms with Gasteiger partial charge in [0.2, 0.25) is 5.88 Å². The molecule has 1 aliphatic heterocycles. The van der Waals surface area contributed by atoms with Gasteiger partial charge in [0.15, 0.2) is 0 Å². The fourth-order valence-electron chi connectivity index (χ4n) is 4.26. The maximum absolute atomic E-state index is 13.5. The molecule has 3 aromatic rings. The summed E-state index contributed by atoms with van der Waals surface area (Å²) in [6.07, 6.45) is 2.37. The van der Waals surface area contributed by atoms with Crippen LogP contribution < -0.4 is 4.90 Å². The van der Waals surface area contributed by atoms with Crippen molar-refractivity contribution in [1.82, 2.24) is 10.1 Å². The molecule has 1 saturated heterocycles. The van der Waals surface area contributed by atoms with Crippen LogP contribution in [-0.2, 0) is 11.3 Å². The number of amides is 1. The van der Waals surface area contributed by atoms with Gasteiger partial charge in [-0.3, -0.25) is 4.79 Å². The molecule has 1 amide bonds. The summed E-state index contributed by atoms with van der Waals surface area (Å²) in [6.45, 7) is 6.14. The van der Waals surface area contributed by atoms with Crippen LogP contribution in [0, 0.1) is 12.8 Å². The minimum atomic E-state index is 0.0572. The first-order valence-electron chi connectivity index (χ1n) is 11.4. The number of carbonyl (C=O) groups is 1. The number of hydrogen-bond donors (Lipinski definition) is 0. The molecule has 1 aliphatic carbocycles. The van der Waals surface area contributed by atoms with E-state index >= 15 is 0 Å². The Balaban J connectivity index is 1.52. The van der Waals surface area contributed by atoms with E-state index in [0.29, 0.717) is 25.7 Å². The summed E-state index contributed by atoms with van der Waals surface area (Å²) in [6, 6.07) is 17.8. The van der Waals surface area contributed by atoms with Crippen molar-refractivity contribution < 1.29 is 14.1 Å². The summed E-state index contributed by atoms with van der Waals surface area (Å²) in [5.74, 6) is 1.39. The third kappa shape index (κ3) is 4.55. The first-order chi connectivity index (χ1) is 15.7. The van der Waals surface area contributed by atoms with E-state index in [1.165, 1.54) is 18.4 Å². The van der Waals surface area contributed by atoms with Crippen LogP contribution in [0.4, 0.5) is 5.88 Å². The molecule has 2 fully saturated rings.